The maximum absolute atomic E-state index is 13.1. The van der Waals surface area contributed by atoms with Gasteiger partial charge in [-0.15, -0.1) is 0 Å². The number of rotatable bonds is 4. The van der Waals surface area contributed by atoms with Crippen molar-refractivity contribution in [3.63, 3.8) is 0 Å². The molecule has 0 spiro atoms. The Labute approximate surface area is 154 Å². The Morgan fingerprint density at radius 2 is 1.92 bits per heavy atom. The van der Waals surface area contributed by atoms with Gasteiger partial charge >= 0.3 is 11.7 Å². The molecular weight excluding hydrogens is 384 g/mol. The van der Waals surface area contributed by atoms with Gasteiger partial charge in [-0.3, -0.25) is 13.9 Å². The van der Waals surface area contributed by atoms with Gasteiger partial charge in [0.1, 0.15) is 6.54 Å². The van der Waals surface area contributed by atoms with E-state index >= 15 is 0 Å². The molecule has 0 saturated carbocycles. The minimum Gasteiger partial charge on any atom is -0.465 e. The molecule has 3 aromatic rings. The van der Waals surface area contributed by atoms with Crippen LogP contribution in [0.3, 0.4) is 0 Å². The average molecular weight is 403 g/mol. The molecule has 0 saturated heterocycles. The van der Waals surface area contributed by atoms with E-state index in [9.17, 15) is 9.59 Å². The fourth-order valence-corrected chi connectivity index (χ4v) is 3.53. The van der Waals surface area contributed by atoms with Crippen molar-refractivity contribution in [2.24, 2.45) is 0 Å². The lowest BCUT2D eigenvalue weighted by molar-refractivity contribution is -0.143. The zero-order valence-electron chi connectivity index (χ0n) is 14.4. The third-order valence-electron chi connectivity index (χ3n) is 4.15. The quantitative estimate of drug-likeness (QED) is 0.624. The van der Waals surface area contributed by atoms with Crippen LogP contribution in [-0.2, 0) is 16.1 Å². The molecule has 0 aliphatic carbocycles. The minimum atomic E-state index is -0.419. The number of benzene rings is 2. The number of para-hydroxylation sites is 1. The first-order valence-electron chi connectivity index (χ1n) is 8.07. The number of halogens is 1. The predicted molar refractivity (Wildman–Crippen MR) is 101 cm³/mol. The van der Waals surface area contributed by atoms with Gasteiger partial charge < -0.3 is 4.74 Å². The first kappa shape index (κ1) is 17.5. The van der Waals surface area contributed by atoms with Gasteiger partial charge in [0.15, 0.2) is 0 Å². The topological polar surface area (TPSA) is 53.2 Å². The molecule has 25 heavy (non-hydrogen) atoms. The number of aryl methyl sites for hydroxylation is 2. The van der Waals surface area contributed by atoms with Crippen LogP contribution in [0.4, 0.5) is 0 Å². The highest BCUT2D eigenvalue weighted by molar-refractivity contribution is 9.10. The monoisotopic (exact) mass is 402 g/mol. The van der Waals surface area contributed by atoms with Crippen LogP contribution in [0.25, 0.3) is 16.7 Å². The Hall–Kier alpha value is -2.34. The number of hydrogen-bond acceptors (Lipinski definition) is 3. The van der Waals surface area contributed by atoms with E-state index < -0.39 is 5.97 Å². The fourth-order valence-electron chi connectivity index (χ4n) is 3.05. The summed E-state index contributed by atoms with van der Waals surface area (Å²) in [5, 5.41) is 0. The highest BCUT2D eigenvalue weighted by Gasteiger charge is 2.19. The van der Waals surface area contributed by atoms with Gasteiger partial charge in [-0.05, 0) is 56.2 Å². The molecule has 0 aliphatic heterocycles. The van der Waals surface area contributed by atoms with Crippen LogP contribution in [0.15, 0.2) is 45.7 Å². The second-order valence-electron chi connectivity index (χ2n) is 5.88. The lowest BCUT2D eigenvalue weighted by Gasteiger charge is -2.09. The fraction of sp³-hybridized carbons (Fsp3) is 0.263. The third-order valence-corrected chi connectivity index (χ3v) is 4.64. The van der Waals surface area contributed by atoms with Crippen LogP contribution in [0.1, 0.15) is 18.1 Å². The first-order valence-corrected chi connectivity index (χ1v) is 8.86. The van der Waals surface area contributed by atoms with E-state index in [1.165, 1.54) is 4.57 Å². The number of imidazole rings is 1. The second-order valence-corrected chi connectivity index (χ2v) is 6.80. The summed E-state index contributed by atoms with van der Waals surface area (Å²) < 4.78 is 9.12. The summed E-state index contributed by atoms with van der Waals surface area (Å²) >= 11 is 3.45. The molecule has 0 atom stereocenters. The molecule has 130 valence electrons. The van der Waals surface area contributed by atoms with Crippen molar-refractivity contribution in [3.8, 4) is 5.69 Å². The van der Waals surface area contributed by atoms with Crippen molar-refractivity contribution < 1.29 is 9.53 Å². The van der Waals surface area contributed by atoms with Crippen molar-refractivity contribution in [2.75, 3.05) is 6.61 Å². The Kier molecular flexibility index (Phi) is 4.81. The number of hydrogen-bond donors (Lipinski definition) is 0. The van der Waals surface area contributed by atoms with Crippen LogP contribution in [0.2, 0.25) is 0 Å². The Bertz CT molecular complexity index is 1020. The van der Waals surface area contributed by atoms with E-state index in [4.69, 9.17) is 4.74 Å². The summed E-state index contributed by atoms with van der Waals surface area (Å²) in [5.41, 5.74) is 4.02. The van der Waals surface area contributed by atoms with E-state index in [0.717, 1.165) is 32.3 Å². The van der Waals surface area contributed by atoms with E-state index in [2.05, 4.69) is 15.9 Å². The molecule has 2 aromatic carbocycles. The van der Waals surface area contributed by atoms with Crippen molar-refractivity contribution in [1.29, 1.82) is 0 Å². The summed E-state index contributed by atoms with van der Waals surface area (Å²) in [4.78, 5) is 25.1. The third kappa shape index (κ3) is 3.14. The largest absolute Gasteiger partial charge is 0.465 e. The number of esters is 1. The maximum atomic E-state index is 13.1. The summed E-state index contributed by atoms with van der Waals surface area (Å²) in [6.45, 7) is 5.85. The normalized spacial score (nSPS) is 11.0. The molecule has 0 N–H and O–H groups in total. The first-order chi connectivity index (χ1) is 11.9. The average Bonchev–Trinajstić information content (AvgIpc) is 2.82. The van der Waals surface area contributed by atoms with Crippen molar-refractivity contribution in [1.82, 2.24) is 9.13 Å². The molecule has 0 radical (unpaired) electrons. The van der Waals surface area contributed by atoms with Crippen LogP contribution < -0.4 is 5.69 Å². The van der Waals surface area contributed by atoms with E-state index in [0.29, 0.717) is 0 Å². The van der Waals surface area contributed by atoms with Gasteiger partial charge in [-0.25, -0.2) is 4.79 Å². The molecule has 6 heteroatoms. The van der Waals surface area contributed by atoms with E-state index in [1.54, 1.807) is 11.5 Å². The lowest BCUT2D eigenvalue weighted by Crippen LogP contribution is -2.27. The van der Waals surface area contributed by atoms with Crippen LogP contribution in [0, 0.1) is 13.8 Å². The maximum Gasteiger partial charge on any atom is 0.334 e. The molecule has 5 nitrogen and oxygen atoms in total. The van der Waals surface area contributed by atoms with E-state index in [-0.39, 0.29) is 18.8 Å². The van der Waals surface area contributed by atoms with Crippen molar-refractivity contribution >= 4 is 32.9 Å². The van der Waals surface area contributed by atoms with Crippen molar-refractivity contribution in [3.05, 3.63) is 62.5 Å². The molecule has 3 rings (SSSR count). The van der Waals surface area contributed by atoms with Gasteiger partial charge in [0, 0.05) is 4.47 Å². The number of fused-ring (bicyclic) bond motifs is 1. The number of ether oxygens (including phenoxy) is 1. The number of aromatic nitrogens is 2. The molecule has 0 amide bonds. The lowest BCUT2D eigenvalue weighted by atomic mass is 10.1. The molecule has 0 unspecified atom stereocenters. The summed E-state index contributed by atoms with van der Waals surface area (Å²) in [5.74, 6) is -0.419. The highest BCUT2D eigenvalue weighted by Crippen LogP contribution is 2.25. The van der Waals surface area contributed by atoms with Crippen LogP contribution in [-0.4, -0.2) is 21.7 Å². The van der Waals surface area contributed by atoms with E-state index in [1.807, 2.05) is 50.2 Å². The van der Waals surface area contributed by atoms with Gasteiger partial charge in [-0.2, -0.15) is 0 Å². The standard InChI is InChI=1S/C19H19BrN2O3/c1-4-25-17(23)11-21-16-7-5-6-12(2)18(16)22(19(21)24)15-9-8-14(20)10-13(15)3/h5-10H,4,11H2,1-3H3. The Balaban J connectivity index is 2.30. The highest BCUT2D eigenvalue weighted by atomic mass is 79.9. The smallest absolute Gasteiger partial charge is 0.334 e. The summed E-state index contributed by atoms with van der Waals surface area (Å²) in [6.07, 6.45) is 0. The zero-order chi connectivity index (χ0) is 18.1. The zero-order valence-corrected chi connectivity index (χ0v) is 16.0. The summed E-state index contributed by atoms with van der Waals surface area (Å²) in [7, 11) is 0. The van der Waals surface area contributed by atoms with Gasteiger partial charge in [0.05, 0.1) is 23.3 Å². The number of carbonyl (C=O) groups excluding carboxylic acids is 1. The minimum absolute atomic E-state index is 0.102. The second kappa shape index (κ2) is 6.88. The SMILES string of the molecule is CCOC(=O)Cn1c(=O)n(-c2ccc(Br)cc2C)c2c(C)cccc21. The summed E-state index contributed by atoms with van der Waals surface area (Å²) in [6, 6.07) is 11.5. The molecule has 1 heterocycles. The molecule has 1 aromatic heterocycles. The molecule has 0 aliphatic rings. The van der Waals surface area contributed by atoms with Gasteiger partial charge in [0.25, 0.3) is 0 Å². The van der Waals surface area contributed by atoms with Gasteiger partial charge in [0.2, 0.25) is 0 Å². The Morgan fingerprint density at radius 1 is 1.16 bits per heavy atom. The predicted octanol–water partition coefficient (Wildman–Crippen LogP) is 3.73. The number of carbonyl (C=O) groups is 1. The molecule has 0 fully saturated rings. The van der Waals surface area contributed by atoms with Crippen molar-refractivity contribution in [2.45, 2.75) is 27.3 Å². The Morgan fingerprint density at radius 3 is 2.60 bits per heavy atom. The van der Waals surface area contributed by atoms with Gasteiger partial charge in [-0.1, -0.05) is 28.1 Å². The number of nitrogens with zero attached hydrogens (tertiary/aromatic N) is 2. The van der Waals surface area contributed by atoms with Crippen LogP contribution >= 0.6 is 15.9 Å². The molecular formula is C19H19BrN2O3. The van der Waals surface area contributed by atoms with Crippen LogP contribution in [0.5, 0.6) is 0 Å². The molecule has 0 bridgehead atoms.